The Morgan fingerprint density at radius 2 is 1.96 bits per heavy atom. The molecular formula is C18H20N8O. The summed E-state index contributed by atoms with van der Waals surface area (Å²) in [5, 5.41) is 12.9. The molecule has 0 amide bonds. The molecule has 0 unspecified atom stereocenters. The van der Waals surface area contributed by atoms with E-state index in [-0.39, 0.29) is 6.04 Å². The van der Waals surface area contributed by atoms with Gasteiger partial charge in [-0.15, -0.1) is 0 Å². The Kier molecular flexibility index (Phi) is 4.51. The summed E-state index contributed by atoms with van der Waals surface area (Å²) in [5.74, 6) is 1.28. The van der Waals surface area contributed by atoms with E-state index >= 15 is 0 Å². The predicted octanol–water partition coefficient (Wildman–Crippen LogP) is 1.96. The van der Waals surface area contributed by atoms with E-state index < -0.39 is 0 Å². The van der Waals surface area contributed by atoms with Gasteiger partial charge in [0.15, 0.2) is 11.5 Å². The number of aromatic nitrogens is 7. The fourth-order valence-electron chi connectivity index (χ4n) is 3.01. The molecule has 9 heteroatoms. The van der Waals surface area contributed by atoms with Crippen molar-refractivity contribution in [3.63, 3.8) is 0 Å². The number of hydrogen-bond donors (Lipinski definition) is 1. The van der Waals surface area contributed by atoms with Crippen molar-refractivity contribution in [2.45, 2.75) is 6.04 Å². The van der Waals surface area contributed by atoms with E-state index in [1.54, 1.807) is 36.6 Å². The van der Waals surface area contributed by atoms with Crippen LogP contribution in [0.3, 0.4) is 0 Å². The highest BCUT2D eigenvalue weighted by molar-refractivity contribution is 5.88. The molecule has 4 heterocycles. The van der Waals surface area contributed by atoms with E-state index in [4.69, 9.17) is 9.72 Å². The first-order valence-corrected chi connectivity index (χ1v) is 8.51. The molecule has 0 aliphatic rings. The Labute approximate surface area is 156 Å². The first-order chi connectivity index (χ1) is 13.2. The number of nitrogens with one attached hydrogen (secondary N) is 1. The Morgan fingerprint density at radius 3 is 2.67 bits per heavy atom. The molecule has 4 rings (SSSR count). The van der Waals surface area contributed by atoms with Gasteiger partial charge in [-0.05, 0) is 18.2 Å². The van der Waals surface area contributed by atoms with Crippen molar-refractivity contribution in [1.29, 1.82) is 0 Å². The summed E-state index contributed by atoms with van der Waals surface area (Å²) in [6.45, 7) is 0.466. The van der Waals surface area contributed by atoms with E-state index in [2.05, 4.69) is 25.5 Å². The normalized spacial score (nSPS) is 12.4. The lowest BCUT2D eigenvalue weighted by Gasteiger charge is -2.19. The Hall–Kier alpha value is -3.33. The third-order valence-electron chi connectivity index (χ3n) is 4.37. The van der Waals surface area contributed by atoms with Gasteiger partial charge < -0.3 is 10.1 Å². The molecule has 0 aromatic carbocycles. The lowest BCUT2D eigenvalue weighted by atomic mass is 10.2. The lowest BCUT2D eigenvalue weighted by molar-refractivity contribution is 0.184. The van der Waals surface area contributed by atoms with Crippen molar-refractivity contribution in [2.75, 3.05) is 19.0 Å². The van der Waals surface area contributed by atoms with Gasteiger partial charge in [0.1, 0.15) is 5.82 Å². The number of rotatable bonds is 6. The van der Waals surface area contributed by atoms with E-state index in [0.717, 1.165) is 22.3 Å². The van der Waals surface area contributed by atoms with Crippen LogP contribution >= 0.6 is 0 Å². The maximum absolute atomic E-state index is 5.41. The van der Waals surface area contributed by atoms with Crippen molar-refractivity contribution < 1.29 is 4.74 Å². The Morgan fingerprint density at radius 1 is 1.07 bits per heavy atom. The smallest absolute Gasteiger partial charge is 0.165 e. The van der Waals surface area contributed by atoms with E-state index in [1.165, 1.54) is 0 Å². The Balaban J connectivity index is 1.81. The second kappa shape index (κ2) is 7.12. The summed E-state index contributed by atoms with van der Waals surface area (Å²) >= 11 is 0. The van der Waals surface area contributed by atoms with Crippen LogP contribution in [0.5, 0.6) is 0 Å². The first kappa shape index (κ1) is 17.1. The van der Waals surface area contributed by atoms with Gasteiger partial charge in [-0.1, -0.05) is 0 Å². The van der Waals surface area contributed by atoms with Crippen LogP contribution in [-0.4, -0.2) is 48.2 Å². The highest BCUT2D eigenvalue weighted by Gasteiger charge is 2.19. The predicted molar refractivity (Wildman–Crippen MR) is 101 cm³/mol. The zero-order chi connectivity index (χ0) is 18.8. The summed E-state index contributed by atoms with van der Waals surface area (Å²) in [4.78, 5) is 13.6. The second-order valence-corrected chi connectivity index (χ2v) is 6.17. The molecule has 0 bridgehead atoms. The molecule has 0 saturated carbocycles. The zero-order valence-corrected chi connectivity index (χ0v) is 15.4. The third-order valence-corrected chi connectivity index (χ3v) is 4.37. The SMILES string of the molecule is COC[C@H](Nc1nc(-c2cccnc2)nc2c1cnn2C)c1ccnn1C. The first-order valence-electron chi connectivity index (χ1n) is 8.51. The number of hydrogen-bond acceptors (Lipinski definition) is 7. The quantitative estimate of drug-likeness (QED) is 0.559. The van der Waals surface area contributed by atoms with Gasteiger partial charge in [-0.3, -0.25) is 14.3 Å². The minimum Gasteiger partial charge on any atom is -0.382 e. The number of ether oxygens (including phenoxy) is 1. The van der Waals surface area contributed by atoms with Crippen LogP contribution in [0.1, 0.15) is 11.7 Å². The van der Waals surface area contributed by atoms with Crippen LogP contribution in [0.25, 0.3) is 22.4 Å². The van der Waals surface area contributed by atoms with Gasteiger partial charge in [0, 0.05) is 45.4 Å². The summed E-state index contributed by atoms with van der Waals surface area (Å²) in [6.07, 6.45) is 7.00. The van der Waals surface area contributed by atoms with Crippen molar-refractivity contribution in [3.8, 4) is 11.4 Å². The van der Waals surface area contributed by atoms with Crippen molar-refractivity contribution in [3.05, 3.63) is 48.7 Å². The van der Waals surface area contributed by atoms with Crippen LogP contribution in [0, 0.1) is 0 Å². The van der Waals surface area contributed by atoms with Crippen LogP contribution in [-0.2, 0) is 18.8 Å². The summed E-state index contributed by atoms with van der Waals surface area (Å²) < 4.78 is 8.96. The van der Waals surface area contributed by atoms with Crippen molar-refractivity contribution >= 4 is 16.9 Å². The minimum absolute atomic E-state index is 0.123. The van der Waals surface area contributed by atoms with Gasteiger partial charge in [0.2, 0.25) is 0 Å². The van der Waals surface area contributed by atoms with Crippen LogP contribution in [0.15, 0.2) is 43.0 Å². The molecule has 0 radical (unpaired) electrons. The molecule has 1 atom stereocenters. The zero-order valence-electron chi connectivity index (χ0n) is 15.4. The molecule has 1 N–H and O–H groups in total. The van der Waals surface area contributed by atoms with Crippen molar-refractivity contribution in [2.24, 2.45) is 14.1 Å². The lowest BCUT2D eigenvalue weighted by Crippen LogP contribution is -2.20. The molecule has 0 aliphatic carbocycles. The molecule has 0 saturated heterocycles. The van der Waals surface area contributed by atoms with E-state index in [9.17, 15) is 0 Å². The molecular weight excluding hydrogens is 344 g/mol. The van der Waals surface area contributed by atoms with E-state index in [1.807, 2.05) is 37.0 Å². The maximum atomic E-state index is 5.41. The van der Waals surface area contributed by atoms with Gasteiger partial charge >= 0.3 is 0 Å². The van der Waals surface area contributed by atoms with Gasteiger partial charge in [0.05, 0.1) is 29.9 Å². The minimum atomic E-state index is -0.123. The summed E-state index contributed by atoms with van der Waals surface area (Å²) in [6, 6.07) is 5.63. The fourth-order valence-corrected chi connectivity index (χ4v) is 3.01. The highest BCUT2D eigenvalue weighted by atomic mass is 16.5. The molecule has 4 aromatic rings. The van der Waals surface area contributed by atoms with Gasteiger partial charge in [-0.2, -0.15) is 10.2 Å². The average Bonchev–Trinajstić information content (AvgIpc) is 3.28. The number of nitrogens with zero attached hydrogens (tertiary/aromatic N) is 7. The van der Waals surface area contributed by atoms with Gasteiger partial charge in [0.25, 0.3) is 0 Å². The molecule has 0 fully saturated rings. The van der Waals surface area contributed by atoms with Crippen LogP contribution in [0.4, 0.5) is 5.82 Å². The topological polar surface area (TPSA) is 95.6 Å². The Bertz CT molecular complexity index is 1060. The third kappa shape index (κ3) is 3.24. The number of methoxy groups -OCH3 is 1. The van der Waals surface area contributed by atoms with Crippen molar-refractivity contribution in [1.82, 2.24) is 34.5 Å². The number of pyridine rings is 1. The standard InChI is InChI=1S/C18H20N8O/c1-25-15(6-8-20-25)14(11-27-3)22-17-13-10-21-26(2)18(13)24-16(23-17)12-5-4-7-19-9-12/h4-10,14H,11H2,1-3H3,(H,22,23,24)/t14-/m0/s1. The molecule has 27 heavy (non-hydrogen) atoms. The largest absolute Gasteiger partial charge is 0.382 e. The molecule has 4 aromatic heterocycles. The van der Waals surface area contributed by atoms with Crippen LogP contribution in [0.2, 0.25) is 0 Å². The average molecular weight is 364 g/mol. The fraction of sp³-hybridized carbons (Fsp3) is 0.278. The second-order valence-electron chi connectivity index (χ2n) is 6.17. The molecule has 0 spiro atoms. The number of fused-ring (bicyclic) bond motifs is 1. The van der Waals surface area contributed by atoms with Crippen LogP contribution < -0.4 is 5.32 Å². The molecule has 9 nitrogen and oxygen atoms in total. The monoisotopic (exact) mass is 364 g/mol. The van der Waals surface area contributed by atoms with Gasteiger partial charge in [-0.25, -0.2) is 9.97 Å². The molecule has 0 aliphatic heterocycles. The molecule has 138 valence electrons. The number of anilines is 1. The maximum Gasteiger partial charge on any atom is 0.165 e. The highest BCUT2D eigenvalue weighted by Crippen LogP contribution is 2.27. The van der Waals surface area contributed by atoms with E-state index in [0.29, 0.717) is 18.2 Å². The number of aryl methyl sites for hydroxylation is 2. The summed E-state index contributed by atoms with van der Waals surface area (Å²) in [5.41, 5.74) is 2.58. The summed E-state index contributed by atoms with van der Waals surface area (Å²) in [7, 11) is 5.44.